The van der Waals surface area contributed by atoms with E-state index in [9.17, 15) is 9.59 Å². The van der Waals surface area contributed by atoms with Crippen LogP contribution in [-0.2, 0) is 20.9 Å². The summed E-state index contributed by atoms with van der Waals surface area (Å²) in [5.74, 6) is 0.714. The minimum absolute atomic E-state index is 0.107. The number of nitrogens with one attached hydrogen (secondary N) is 1. The molecule has 0 aliphatic carbocycles. The number of rotatable bonds is 11. The Hall–Kier alpha value is -1.53. The fourth-order valence-electron chi connectivity index (χ4n) is 2.09. The quantitative estimate of drug-likeness (QED) is 0.314. The molecule has 0 heterocycles. The molecule has 0 aliphatic rings. The Balaban J connectivity index is 0.00000165. The first kappa shape index (κ1) is 26.5. The van der Waals surface area contributed by atoms with Crippen LogP contribution in [0.25, 0.3) is 0 Å². The van der Waals surface area contributed by atoms with Crippen molar-refractivity contribution in [1.82, 2.24) is 9.62 Å². The van der Waals surface area contributed by atoms with E-state index in [4.69, 9.17) is 4.74 Å². The van der Waals surface area contributed by atoms with Gasteiger partial charge in [-0.1, -0.05) is 52.7 Å². The number of esters is 1. The molecule has 1 rings (SSSR count). The van der Waals surface area contributed by atoms with E-state index in [0.717, 1.165) is 35.6 Å². The third-order valence-corrected chi connectivity index (χ3v) is 4.26. The predicted molar refractivity (Wildman–Crippen MR) is 118 cm³/mol. The summed E-state index contributed by atoms with van der Waals surface area (Å²) in [6, 6.07) is 7.97. The third-order valence-electron chi connectivity index (χ3n) is 3.34. The zero-order valence-corrected chi connectivity index (χ0v) is 19.2. The first-order valence-electron chi connectivity index (χ1n) is 10.2. The maximum atomic E-state index is 11.7. The van der Waals surface area contributed by atoms with Gasteiger partial charge in [0.25, 0.3) is 0 Å². The average Bonchev–Trinajstić information content (AvgIpc) is 2.61. The van der Waals surface area contributed by atoms with Crippen molar-refractivity contribution in [2.24, 2.45) is 5.92 Å². The van der Waals surface area contributed by atoms with Gasteiger partial charge in [0.2, 0.25) is 5.91 Å². The Morgan fingerprint density at radius 3 is 2.25 bits per heavy atom. The smallest absolute Gasteiger partial charge is 0.321 e. The molecule has 1 aromatic carbocycles. The van der Waals surface area contributed by atoms with Gasteiger partial charge in [-0.3, -0.25) is 9.59 Å². The van der Waals surface area contributed by atoms with Crippen molar-refractivity contribution in [2.75, 3.05) is 20.2 Å². The van der Waals surface area contributed by atoms with Crippen molar-refractivity contribution >= 4 is 23.8 Å². The van der Waals surface area contributed by atoms with E-state index in [1.807, 2.05) is 35.6 Å². The number of carbonyl (C=O) groups excluding carboxylic acids is 2. The van der Waals surface area contributed by atoms with Gasteiger partial charge in [0.15, 0.2) is 0 Å². The highest BCUT2D eigenvalue weighted by molar-refractivity contribution is 7.97. The van der Waals surface area contributed by atoms with Crippen LogP contribution in [0.15, 0.2) is 29.2 Å². The highest BCUT2D eigenvalue weighted by atomic mass is 32.2. The van der Waals surface area contributed by atoms with Gasteiger partial charge in [-0.25, -0.2) is 4.31 Å². The van der Waals surface area contributed by atoms with Crippen molar-refractivity contribution in [1.29, 1.82) is 0 Å². The van der Waals surface area contributed by atoms with Gasteiger partial charge in [0, 0.05) is 17.9 Å². The Morgan fingerprint density at radius 2 is 1.71 bits per heavy atom. The van der Waals surface area contributed by atoms with E-state index in [1.54, 1.807) is 6.92 Å². The maximum Gasteiger partial charge on any atom is 0.321 e. The summed E-state index contributed by atoms with van der Waals surface area (Å²) in [7, 11) is 1.85. The normalized spacial score (nSPS) is 10.4. The molecule has 0 fully saturated rings. The van der Waals surface area contributed by atoms with Crippen LogP contribution < -0.4 is 5.32 Å². The number of benzene rings is 1. The first-order chi connectivity index (χ1) is 13.3. The summed E-state index contributed by atoms with van der Waals surface area (Å²) in [6.45, 7) is 11.6. The van der Waals surface area contributed by atoms with Crippen LogP contribution in [0.4, 0.5) is 0 Å². The number of nitrogens with zero attached hydrogens (tertiary/aromatic N) is 1. The maximum absolute atomic E-state index is 11.7. The molecule has 5 nitrogen and oxygen atoms in total. The molecular weight excluding hydrogens is 372 g/mol. The molecule has 6 heteroatoms. The molecule has 0 saturated carbocycles. The number of carbonyl (C=O) groups is 2. The Kier molecular flexibility index (Phi) is 15.5. The van der Waals surface area contributed by atoms with Crippen molar-refractivity contribution in [2.45, 2.75) is 71.7 Å². The SMILES string of the molecule is CC(C)C.CCCCCC(=O)NCc1ccc(SN(C)CC(=O)OCC)cc1. The average molecular weight is 411 g/mol. The minimum Gasteiger partial charge on any atom is -0.465 e. The molecule has 1 amide bonds. The second kappa shape index (κ2) is 16.4. The zero-order valence-electron chi connectivity index (χ0n) is 18.4. The van der Waals surface area contributed by atoms with Crippen LogP contribution in [-0.4, -0.2) is 36.4 Å². The summed E-state index contributed by atoms with van der Waals surface area (Å²) in [5.41, 5.74) is 1.07. The topological polar surface area (TPSA) is 58.6 Å². The summed E-state index contributed by atoms with van der Waals surface area (Å²) >= 11 is 1.49. The van der Waals surface area contributed by atoms with Crippen LogP contribution in [0.2, 0.25) is 0 Å². The molecule has 0 radical (unpaired) electrons. The van der Waals surface area contributed by atoms with Crippen LogP contribution in [0.5, 0.6) is 0 Å². The highest BCUT2D eigenvalue weighted by Crippen LogP contribution is 2.21. The van der Waals surface area contributed by atoms with Crippen LogP contribution in [0.3, 0.4) is 0 Å². The Morgan fingerprint density at radius 1 is 1.11 bits per heavy atom. The van der Waals surface area contributed by atoms with Gasteiger partial charge >= 0.3 is 5.97 Å². The van der Waals surface area contributed by atoms with Crippen molar-refractivity contribution < 1.29 is 14.3 Å². The molecule has 28 heavy (non-hydrogen) atoms. The number of hydrogen-bond acceptors (Lipinski definition) is 5. The van der Waals surface area contributed by atoms with Gasteiger partial charge < -0.3 is 10.1 Å². The van der Waals surface area contributed by atoms with Crippen molar-refractivity contribution in [3.8, 4) is 0 Å². The molecule has 0 aliphatic heterocycles. The molecule has 0 saturated heterocycles. The number of unbranched alkanes of at least 4 members (excludes halogenated alkanes) is 2. The molecule has 160 valence electrons. The Bertz CT molecular complexity index is 544. The summed E-state index contributed by atoms with van der Waals surface area (Å²) in [5, 5.41) is 2.94. The lowest BCUT2D eigenvalue weighted by Gasteiger charge is -2.14. The molecule has 0 unspecified atom stereocenters. The van der Waals surface area contributed by atoms with Crippen LogP contribution >= 0.6 is 11.9 Å². The zero-order chi connectivity index (χ0) is 21.4. The van der Waals surface area contributed by atoms with Gasteiger partial charge in [0.1, 0.15) is 6.54 Å². The predicted octanol–water partition coefficient (Wildman–Crippen LogP) is 5.05. The highest BCUT2D eigenvalue weighted by Gasteiger charge is 2.08. The summed E-state index contributed by atoms with van der Waals surface area (Å²) < 4.78 is 6.76. The minimum atomic E-state index is -0.227. The first-order valence-corrected chi connectivity index (χ1v) is 11.0. The van der Waals surface area contributed by atoms with E-state index in [0.29, 0.717) is 19.6 Å². The largest absolute Gasteiger partial charge is 0.465 e. The molecule has 0 bridgehead atoms. The molecule has 0 spiro atoms. The lowest BCUT2D eigenvalue weighted by Crippen LogP contribution is -2.22. The van der Waals surface area contributed by atoms with E-state index in [1.165, 1.54) is 11.9 Å². The van der Waals surface area contributed by atoms with Crippen LogP contribution in [0.1, 0.15) is 65.9 Å². The van der Waals surface area contributed by atoms with E-state index < -0.39 is 0 Å². The fraction of sp³-hybridized carbons (Fsp3) is 0.636. The second-order valence-electron chi connectivity index (χ2n) is 7.29. The molecule has 1 aromatic rings. The lowest BCUT2D eigenvalue weighted by molar-refractivity contribution is -0.142. The standard InChI is InChI=1S/C18H28N2O3S.C4H10/c1-4-6-7-8-17(21)19-13-15-9-11-16(12-10-15)24-20(3)14-18(22)23-5-2;1-4(2)3/h9-12H,4-8,13-14H2,1-3H3,(H,19,21);4H,1-3H3. The molecular formula is C22H38N2O3S. The van der Waals surface area contributed by atoms with E-state index in [-0.39, 0.29) is 18.4 Å². The van der Waals surface area contributed by atoms with Crippen LogP contribution in [0, 0.1) is 5.92 Å². The molecule has 1 N–H and O–H groups in total. The van der Waals surface area contributed by atoms with Gasteiger partial charge in [-0.2, -0.15) is 0 Å². The summed E-state index contributed by atoms with van der Waals surface area (Å²) in [4.78, 5) is 24.2. The summed E-state index contributed by atoms with van der Waals surface area (Å²) in [6.07, 6.45) is 3.76. The number of likely N-dealkylation sites (N-methyl/N-ethyl adjacent to an activating group) is 1. The molecule has 0 aromatic heterocycles. The van der Waals surface area contributed by atoms with E-state index in [2.05, 4.69) is 33.0 Å². The monoisotopic (exact) mass is 410 g/mol. The number of amides is 1. The third kappa shape index (κ3) is 15.5. The van der Waals surface area contributed by atoms with Crippen molar-refractivity contribution in [3.63, 3.8) is 0 Å². The fourth-order valence-corrected chi connectivity index (χ4v) is 2.88. The van der Waals surface area contributed by atoms with Crippen molar-refractivity contribution in [3.05, 3.63) is 29.8 Å². The van der Waals surface area contributed by atoms with Gasteiger partial charge in [-0.05, 0) is 56.0 Å². The van der Waals surface area contributed by atoms with E-state index >= 15 is 0 Å². The van der Waals surface area contributed by atoms with Gasteiger partial charge in [0.05, 0.1) is 6.61 Å². The number of ether oxygens (including phenoxy) is 1. The number of hydrogen-bond donors (Lipinski definition) is 1. The molecule has 0 atom stereocenters. The second-order valence-corrected chi connectivity index (χ2v) is 8.57. The lowest BCUT2D eigenvalue weighted by atomic mass is 10.2. The Labute approximate surface area is 175 Å². The van der Waals surface area contributed by atoms with Gasteiger partial charge in [-0.15, -0.1) is 0 Å².